The molecule has 0 atom stereocenters. The van der Waals surface area contributed by atoms with E-state index in [2.05, 4.69) is 25.4 Å². The molecule has 0 fully saturated rings. The summed E-state index contributed by atoms with van der Waals surface area (Å²) in [5.41, 5.74) is 2.92. The van der Waals surface area contributed by atoms with E-state index in [0.717, 1.165) is 5.56 Å². The quantitative estimate of drug-likeness (QED) is 0.530. The Balaban J connectivity index is 1.54. The van der Waals surface area contributed by atoms with Gasteiger partial charge in [-0.2, -0.15) is 4.98 Å². The molecular formula is C23H24N6O2. The molecule has 1 amide bonds. The molecule has 158 valence electrons. The fourth-order valence-corrected chi connectivity index (χ4v) is 2.94. The van der Waals surface area contributed by atoms with Gasteiger partial charge in [0.15, 0.2) is 11.6 Å². The molecule has 1 N–H and O–H groups in total. The van der Waals surface area contributed by atoms with Crippen LogP contribution >= 0.6 is 0 Å². The van der Waals surface area contributed by atoms with E-state index in [0.29, 0.717) is 35.3 Å². The van der Waals surface area contributed by atoms with Crippen molar-refractivity contribution < 1.29 is 9.32 Å². The molecule has 0 saturated heterocycles. The van der Waals surface area contributed by atoms with E-state index < -0.39 is 0 Å². The average molecular weight is 416 g/mol. The SMILES string of the molecule is Cc1ccc(CNC(=O)c2cn(-c3ncccc3-c3nc(C(C)(C)C)no3)cn2)cc1. The van der Waals surface area contributed by atoms with E-state index in [4.69, 9.17) is 4.52 Å². The van der Waals surface area contributed by atoms with E-state index in [1.165, 1.54) is 5.56 Å². The zero-order valence-corrected chi connectivity index (χ0v) is 18.0. The van der Waals surface area contributed by atoms with E-state index in [9.17, 15) is 4.79 Å². The van der Waals surface area contributed by atoms with Gasteiger partial charge in [0.05, 0.1) is 5.56 Å². The summed E-state index contributed by atoms with van der Waals surface area (Å²) in [6.45, 7) is 8.51. The summed E-state index contributed by atoms with van der Waals surface area (Å²) in [4.78, 5) is 25.7. The molecule has 8 heteroatoms. The summed E-state index contributed by atoms with van der Waals surface area (Å²) in [5, 5.41) is 6.98. The van der Waals surface area contributed by atoms with Gasteiger partial charge in [0, 0.05) is 24.4 Å². The van der Waals surface area contributed by atoms with Crippen LogP contribution in [0.15, 0.2) is 59.6 Å². The predicted molar refractivity (Wildman–Crippen MR) is 116 cm³/mol. The van der Waals surface area contributed by atoms with Crippen LogP contribution in [-0.2, 0) is 12.0 Å². The molecule has 0 aliphatic carbocycles. The zero-order valence-electron chi connectivity index (χ0n) is 18.0. The molecule has 4 rings (SSSR count). The average Bonchev–Trinajstić information content (AvgIpc) is 3.43. The third-order valence-corrected chi connectivity index (χ3v) is 4.75. The molecule has 1 aromatic carbocycles. The van der Waals surface area contributed by atoms with Crippen molar-refractivity contribution in [1.82, 2.24) is 30.0 Å². The topological polar surface area (TPSA) is 98.7 Å². The Hall–Kier alpha value is -3.81. The molecule has 0 radical (unpaired) electrons. The van der Waals surface area contributed by atoms with Gasteiger partial charge in [-0.15, -0.1) is 0 Å². The summed E-state index contributed by atoms with van der Waals surface area (Å²) >= 11 is 0. The number of pyridine rings is 1. The van der Waals surface area contributed by atoms with E-state index in [1.807, 2.05) is 58.0 Å². The molecule has 0 spiro atoms. The van der Waals surface area contributed by atoms with Gasteiger partial charge in [0.25, 0.3) is 11.8 Å². The van der Waals surface area contributed by atoms with Crippen molar-refractivity contribution in [3.05, 3.63) is 77.8 Å². The number of hydrogen-bond acceptors (Lipinski definition) is 6. The summed E-state index contributed by atoms with van der Waals surface area (Å²) < 4.78 is 7.15. The minimum Gasteiger partial charge on any atom is -0.347 e. The van der Waals surface area contributed by atoms with Crippen molar-refractivity contribution in [3.8, 4) is 17.3 Å². The smallest absolute Gasteiger partial charge is 0.271 e. The third kappa shape index (κ3) is 4.53. The van der Waals surface area contributed by atoms with E-state index >= 15 is 0 Å². The maximum Gasteiger partial charge on any atom is 0.271 e. The van der Waals surface area contributed by atoms with Crippen molar-refractivity contribution in [3.63, 3.8) is 0 Å². The lowest BCUT2D eigenvalue weighted by molar-refractivity contribution is 0.0946. The maximum absolute atomic E-state index is 12.5. The first-order valence-corrected chi connectivity index (χ1v) is 9.99. The summed E-state index contributed by atoms with van der Waals surface area (Å²) in [5.74, 6) is 1.27. The Morgan fingerprint density at radius 1 is 1.13 bits per heavy atom. The fourth-order valence-electron chi connectivity index (χ4n) is 2.94. The van der Waals surface area contributed by atoms with E-state index in [-0.39, 0.29) is 11.3 Å². The van der Waals surface area contributed by atoms with Crippen molar-refractivity contribution in [1.29, 1.82) is 0 Å². The Kier molecular flexibility index (Phi) is 5.37. The number of carbonyl (C=O) groups excluding carboxylic acids is 1. The Morgan fingerprint density at radius 2 is 1.90 bits per heavy atom. The Bertz CT molecular complexity index is 1200. The molecule has 31 heavy (non-hydrogen) atoms. The number of aromatic nitrogens is 5. The lowest BCUT2D eigenvalue weighted by Gasteiger charge is -2.11. The second-order valence-electron chi connectivity index (χ2n) is 8.38. The molecule has 0 bridgehead atoms. The first kappa shape index (κ1) is 20.5. The highest BCUT2D eigenvalue weighted by molar-refractivity contribution is 5.92. The summed E-state index contributed by atoms with van der Waals surface area (Å²) in [7, 11) is 0. The summed E-state index contributed by atoms with van der Waals surface area (Å²) in [6.07, 6.45) is 4.85. The van der Waals surface area contributed by atoms with Gasteiger partial charge < -0.3 is 9.84 Å². The normalized spacial score (nSPS) is 11.5. The number of nitrogens with one attached hydrogen (secondary N) is 1. The van der Waals surface area contributed by atoms with Crippen LogP contribution in [0.4, 0.5) is 0 Å². The van der Waals surface area contributed by atoms with Crippen molar-refractivity contribution in [2.75, 3.05) is 0 Å². The van der Waals surface area contributed by atoms with Crippen LogP contribution in [-0.4, -0.2) is 30.6 Å². The van der Waals surface area contributed by atoms with Crippen LogP contribution in [0.5, 0.6) is 0 Å². The van der Waals surface area contributed by atoms with Crippen molar-refractivity contribution in [2.24, 2.45) is 0 Å². The van der Waals surface area contributed by atoms with Crippen LogP contribution < -0.4 is 5.32 Å². The predicted octanol–water partition coefficient (Wildman–Crippen LogP) is 3.85. The highest BCUT2D eigenvalue weighted by Crippen LogP contribution is 2.27. The third-order valence-electron chi connectivity index (χ3n) is 4.75. The monoisotopic (exact) mass is 416 g/mol. The molecule has 0 aliphatic heterocycles. The first-order chi connectivity index (χ1) is 14.8. The number of benzene rings is 1. The van der Waals surface area contributed by atoms with Crippen LogP contribution in [0.2, 0.25) is 0 Å². The molecule has 0 saturated carbocycles. The van der Waals surface area contributed by atoms with Gasteiger partial charge in [-0.1, -0.05) is 55.8 Å². The lowest BCUT2D eigenvalue weighted by atomic mass is 9.96. The van der Waals surface area contributed by atoms with Crippen LogP contribution in [0.1, 0.15) is 48.2 Å². The number of nitrogens with zero attached hydrogens (tertiary/aromatic N) is 5. The van der Waals surface area contributed by atoms with Crippen LogP contribution in [0.25, 0.3) is 17.3 Å². The lowest BCUT2D eigenvalue weighted by Crippen LogP contribution is -2.23. The van der Waals surface area contributed by atoms with Gasteiger partial charge >= 0.3 is 0 Å². The molecule has 3 heterocycles. The standard InChI is InChI=1S/C23H24N6O2/c1-15-7-9-16(10-8-15)12-25-20(30)18-13-29(14-26-18)19-17(6-5-11-24-19)21-27-22(28-31-21)23(2,3)4/h5-11,13-14H,12H2,1-4H3,(H,25,30). The molecule has 3 aromatic heterocycles. The second-order valence-corrected chi connectivity index (χ2v) is 8.38. The van der Waals surface area contributed by atoms with Gasteiger partial charge in [0.1, 0.15) is 12.0 Å². The number of hydrogen-bond donors (Lipinski definition) is 1. The number of imidazole rings is 1. The minimum absolute atomic E-state index is 0.234. The number of rotatable bonds is 5. The van der Waals surface area contributed by atoms with Crippen LogP contribution in [0.3, 0.4) is 0 Å². The largest absolute Gasteiger partial charge is 0.347 e. The van der Waals surface area contributed by atoms with Crippen molar-refractivity contribution >= 4 is 5.91 Å². The fraction of sp³-hybridized carbons (Fsp3) is 0.261. The minimum atomic E-state index is -0.260. The maximum atomic E-state index is 12.5. The van der Waals surface area contributed by atoms with Gasteiger partial charge in [0.2, 0.25) is 0 Å². The van der Waals surface area contributed by atoms with Gasteiger partial charge in [-0.25, -0.2) is 9.97 Å². The van der Waals surface area contributed by atoms with Crippen molar-refractivity contribution in [2.45, 2.75) is 39.7 Å². The van der Waals surface area contributed by atoms with Gasteiger partial charge in [-0.3, -0.25) is 9.36 Å². The highest BCUT2D eigenvalue weighted by atomic mass is 16.5. The van der Waals surface area contributed by atoms with Crippen LogP contribution in [0, 0.1) is 6.92 Å². The first-order valence-electron chi connectivity index (χ1n) is 9.99. The Morgan fingerprint density at radius 3 is 2.61 bits per heavy atom. The molecule has 0 aliphatic rings. The molecule has 8 nitrogen and oxygen atoms in total. The number of amides is 1. The molecular weight excluding hydrogens is 392 g/mol. The zero-order chi connectivity index (χ0) is 22.0. The number of aryl methyl sites for hydroxylation is 1. The summed E-state index contributed by atoms with van der Waals surface area (Å²) in [6, 6.07) is 11.7. The van der Waals surface area contributed by atoms with Gasteiger partial charge in [-0.05, 0) is 24.6 Å². The highest BCUT2D eigenvalue weighted by Gasteiger charge is 2.23. The molecule has 4 aromatic rings. The number of carbonyl (C=O) groups is 1. The second kappa shape index (κ2) is 8.14. The van der Waals surface area contributed by atoms with E-state index in [1.54, 1.807) is 29.4 Å². The Labute approximate surface area is 180 Å². The molecule has 0 unspecified atom stereocenters.